The van der Waals surface area contributed by atoms with Gasteiger partial charge in [-0.1, -0.05) is 29.8 Å². The number of hydrazone groups is 1. The minimum absolute atomic E-state index is 0.668. The quantitative estimate of drug-likeness (QED) is 0.509. The van der Waals surface area contributed by atoms with Gasteiger partial charge in [-0.05, 0) is 43.0 Å². The second-order valence-corrected chi connectivity index (χ2v) is 5.39. The Bertz CT molecular complexity index is 756. The molecule has 3 N–H and O–H groups in total. The van der Waals surface area contributed by atoms with E-state index in [1.807, 2.05) is 30.3 Å². The third-order valence-electron chi connectivity index (χ3n) is 3.76. The lowest BCUT2D eigenvalue weighted by molar-refractivity contribution is 0.249. The van der Waals surface area contributed by atoms with Gasteiger partial charge in [0.05, 0.1) is 11.9 Å². The van der Waals surface area contributed by atoms with Crippen LogP contribution in [0.3, 0.4) is 0 Å². The summed E-state index contributed by atoms with van der Waals surface area (Å²) in [5.74, 6) is 0. The van der Waals surface area contributed by atoms with Crippen LogP contribution in [0.25, 0.3) is 5.69 Å². The van der Waals surface area contributed by atoms with E-state index in [4.69, 9.17) is 5.73 Å². The van der Waals surface area contributed by atoms with Crippen LogP contribution in [-0.4, -0.2) is 16.8 Å². The molecule has 1 heterocycles. The van der Waals surface area contributed by atoms with Gasteiger partial charge in [0.2, 0.25) is 0 Å². The number of nitrogens with zero attached hydrogens (tertiary/aromatic N) is 2. The highest BCUT2D eigenvalue weighted by Gasteiger charge is 2.18. The van der Waals surface area contributed by atoms with Gasteiger partial charge < -0.3 is 10.3 Å². The van der Waals surface area contributed by atoms with Crippen molar-refractivity contribution in [3.05, 3.63) is 65.0 Å². The second kappa shape index (κ2) is 5.89. The fourth-order valence-electron chi connectivity index (χ4n) is 2.73. The molecule has 1 aliphatic rings. The highest BCUT2D eigenvalue weighted by molar-refractivity contribution is 5.83. The Morgan fingerprint density at radius 1 is 1.36 bits per heavy atom. The third-order valence-corrected chi connectivity index (χ3v) is 3.76. The van der Waals surface area contributed by atoms with Crippen molar-refractivity contribution in [2.24, 2.45) is 10.8 Å². The number of hydrogen-bond acceptors (Lipinski definition) is 2. The van der Waals surface area contributed by atoms with Crippen LogP contribution in [0.1, 0.15) is 23.7 Å². The standard InChI is InChI=1S/C17H18N4O/c1-12-7-8-13-11-21(14-5-3-2-4-6-14)16(15(13)9-12)10-19-20-17(18)22/h2-7,10-11H,8-9H2,1H3,(H3,18,20,22)/b19-10+. The van der Waals surface area contributed by atoms with Crippen LogP contribution in [0.2, 0.25) is 0 Å². The average Bonchev–Trinajstić information content (AvgIpc) is 2.86. The van der Waals surface area contributed by atoms with E-state index >= 15 is 0 Å². The predicted octanol–water partition coefficient (Wildman–Crippen LogP) is 2.52. The van der Waals surface area contributed by atoms with E-state index in [0.717, 1.165) is 24.2 Å². The molecule has 1 aromatic carbocycles. The zero-order valence-electron chi connectivity index (χ0n) is 12.4. The van der Waals surface area contributed by atoms with Crippen molar-refractivity contribution in [3.8, 4) is 5.69 Å². The molecular formula is C17H18N4O. The first-order valence-electron chi connectivity index (χ1n) is 7.18. The lowest BCUT2D eigenvalue weighted by atomic mass is 9.94. The number of aromatic nitrogens is 1. The molecular weight excluding hydrogens is 276 g/mol. The smallest absolute Gasteiger partial charge is 0.332 e. The molecule has 2 aromatic rings. The topological polar surface area (TPSA) is 72.4 Å². The highest BCUT2D eigenvalue weighted by Crippen LogP contribution is 2.27. The number of para-hydroxylation sites is 1. The fourth-order valence-corrected chi connectivity index (χ4v) is 2.73. The first-order chi connectivity index (χ1) is 10.6. The van der Waals surface area contributed by atoms with Crippen molar-refractivity contribution < 1.29 is 4.79 Å². The lowest BCUT2D eigenvalue weighted by Crippen LogP contribution is -2.24. The Balaban J connectivity index is 2.06. The van der Waals surface area contributed by atoms with E-state index in [-0.39, 0.29) is 0 Å². The van der Waals surface area contributed by atoms with Crippen molar-refractivity contribution in [3.63, 3.8) is 0 Å². The summed E-state index contributed by atoms with van der Waals surface area (Å²) in [7, 11) is 0. The molecule has 0 spiro atoms. The molecule has 0 atom stereocenters. The number of carbonyl (C=O) groups excluding carboxylic acids is 1. The number of fused-ring (bicyclic) bond motifs is 1. The van der Waals surface area contributed by atoms with Crippen LogP contribution < -0.4 is 11.2 Å². The number of carbonyl (C=O) groups is 1. The van der Waals surface area contributed by atoms with Gasteiger partial charge in [-0.2, -0.15) is 5.10 Å². The Morgan fingerprint density at radius 3 is 2.86 bits per heavy atom. The molecule has 0 radical (unpaired) electrons. The summed E-state index contributed by atoms with van der Waals surface area (Å²) in [6.07, 6.45) is 7.87. The summed E-state index contributed by atoms with van der Waals surface area (Å²) >= 11 is 0. The molecule has 22 heavy (non-hydrogen) atoms. The number of rotatable bonds is 3. The van der Waals surface area contributed by atoms with Crippen LogP contribution in [0.4, 0.5) is 4.79 Å². The highest BCUT2D eigenvalue weighted by atomic mass is 16.2. The van der Waals surface area contributed by atoms with Gasteiger partial charge in [0.1, 0.15) is 0 Å². The third kappa shape index (κ3) is 2.79. The van der Waals surface area contributed by atoms with E-state index in [0.29, 0.717) is 0 Å². The molecule has 0 unspecified atom stereocenters. The van der Waals surface area contributed by atoms with Gasteiger partial charge in [-0.15, -0.1) is 0 Å². The molecule has 0 bridgehead atoms. The minimum Gasteiger partial charge on any atom is -0.350 e. The second-order valence-electron chi connectivity index (χ2n) is 5.39. The largest absolute Gasteiger partial charge is 0.350 e. The van der Waals surface area contributed by atoms with Crippen LogP contribution in [0, 0.1) is 0 Å². The van der Waals surface area contributed by atoms with E-state index in [2.05, 4.69) is 34.3 Å². The summed E-state index contributed by atoms with van der Waals surface area (Å²) in [6.45, 7) is 2.13. The molecule has 0 saturated carbocycles. The maximum Gasteiger partial charge on any atom is 0.332 e. The van der Waals surface area contributed by atoms with Gasteiger partial charge in [0, 0.05) is 11.9 Å². The molecule has 5 nitrogen and oxygen atoms in total. The normalized spacial score (nSPS) is 13.8. The van der Waals surface area contributed by atoms with Crippen molar-refractivity contribution in [2.45, 2.75) is 19.8 Å². The maximum absolute atomic E-state index is 10.8. The van der Waals surface area contributed by atoms with Crippen LogP contribution in [0.15, 0.2) is 53.3 Å². The summed E-state index contributed by atoms with van der Waals surface area (Å²) in [5, 5.41) is 3.94. The number of amides is 2. The SMILES string of the molecule is CC1=CCc2cn(-c3ccccc3)c(/C=N/NC(N)=O)c2C1. The zero-order chi connectivity index (χ0) is 15.5. The summed E-state index contributed by atoms with van der Waals surface area (Å²) < 4.78 is 2.10. The van der Waals surface area contributed by atoms with Gasteiger partial charge >= 0.3 is 6.03 Å². The summed E-state index contributed by atoms with van der Waals surface area (Å²) in [4.78, 5) is 10.8. The Morgan fingerprint density at radius 2 is 2.14 bits per heavy atom. The zero-order valence-corrected chi connectivity index (χ0v) is 12.4. The first kappa shape index (κ1) is 14.1. The van der Waals surface area contributed by atoms with Crippen molar-refractivity contribution in [1.82, 2.24) is 9.99 Å². The molecule has 0 fully saturated rings. The van der Waals surface area contributed by atoms with E-state index in [9.17, 15) is 4.79 Å². The molecule has 3 rings (SSSR count). The van der Waals surface area contributed by atoms with Crippen LogP contribution >= 0.6 is 0 Å². The predicted molar refractivity (Wildman–Crippen MR) is 87.2 cm³/mol. The van der Waals surface area contributed by atoms with Crippen LogP contribution in [-0.2, 0) is 12.8 Å². The molecule has 112 valence electrons. The molecule has 0 aliphatic heterocycles. The van der Waals surface area contributed by atoms with E-state index in [1.54, 1.807) is 6.21 Å². The van der Waals surface area contributed by atoms with Crippen molar-refractivity contribution in [2.75, 3.05) is 0 Å². The minimum atomic E-state index is -0.668. The van der Waals surface area contributed by atoms with Gasteiger partial charge in [0.25, 0.3) is 0 Å². The van der Waals surface area contributed by atoms with E-state index < -0.39 is 6.03 Å². The average molecular weight is 294 g/mol. The Hall–Kier alpha value is -2.82. The van der Waals surface area contributed by atoms with Gasteiger partial charge in [-0.3, -0.25) is 0 Å². The Kier molecular flexibility index (Phi) is 3.78. The summed E-state index contributed by atoms with van der Waals surface area (Å²) in [6, 6.07) is 9.41. The first-order valence-corrected chi connectivity index (χ1v) is 7.18. The lowest BCUT2D eigenvalue weighted by Gasteiger charge is -2.11. The van der Waals surface area contributed by atoms with Gasteiger partial charge in [0.15, 0.2) is 0 Å². The number of hydrogen-bond donors (Lipinski definition) is 2. The molecule has 5 heteroatoms. The molecule has 2 amide bonds. The molecule has 1 aromatic heterocycles. The number of allylic oxidation sites excluding steroid dienone is 2. The fraction of sp³-hybridized carbons (Fsp3) is 0.176. The number of primary amides is 1. The molecule has 1 aliphatic carbocycles. The van der Waals surface area contributed by atoms with Gasteiger partial charge in [-0.25, -0.2) is 10.2 Å². The summed E-state index contributed by atoms with van der Waals surface area (Å²) in [5.41, 5.74) is 13.2. The monoisotopic (exact) mass is 294 g/mol. The van der Waals surface area contributed by atoms with E-state index in [1.165, 1.54) is 16.7 Å². The number of urea groups is 1. The van der Waals surface area contributed by atoms with Crippen molar-refractivity contribution >= 4 is 12.2 Å². The number of nitrogens with two attached hydrogens (primary N) is 1. The molecule has 0 saturated heterocycles. The van der Waals surface area contributed by atoms with Crippen LogP contribution in [0.5, 0.6) is 0 Å². The Labute approximate surface area is 129 Å². The number of benzene rings is 1. The van der Waals surface area contributed by atoms with Crippen molar-refractivity contribution in [1.29, 1.82) is 0 Å². The maximum atomic E-state index is 10.8. The number of nitrogens with one attached hydrogen (secondary N) is 1.